The molecule has 0 unspecified atom stereocenters. The molecule has 0 radical (unpaired) electrons. The second-order valence-corrected chi connectivity index (χ2v) is 6.83. The lowest BCUT2D eigenvalue weighted by molar-refractivity contribution is 0.554. The van der Waals surface area contributed by atoms with Gasteiger partial charge in [-0.05, 0) is 93.1 Å². The van der Waals surface area contributed by atoms with E-state index in [0.717, 1.165) is 0 Å². The summed E-state index contributed by atoms with van der Waals surface area (Å²) in [4.78, 5) is 0. The zero-order chi connectivity index (χ0) is 15.4. The highest BCUT2D eigenvalue weighted by atomic mass is 14.4. The molecule has 0 spiro atoms. The highest BCUT2D eigenvalue weighted by Crippen LogP contribution is 2.54. The standard InChI is InChI=1S/C20H28/c1-10-17-13(4)11(2)14(5)18(17)19-15(6)12(3)16(7)20(19,8)9/h10H,1-9H3/b17-10+. The summed E-state index contributed by atoms with van der Waals surface area (Å²) in [5, 5.41) is 0. The summed E-state index contributed by atoms with van der Waals surface area (Å²) in [5.74, 6) is 0. The predicted octanol–water partition coefficient (Wildman–Crippen LogP) is 6.29. The Labute approximate surface area is 124 Å². The minimum absolute atomic E-state index is 0.143. The third kappa shape index (κ3) is 1.74. The van der Waals surface area contributed by atoms with Crippen molar-refractivity contribution in [1.82, 2.24) is 0 Å². The van der Waals surface area contributed by atoms with Crippen molar-refractivity contribution >= 4 is 0 Å². The van der Waals surface area contributed by atoms with E-state index in [4.69, 9.17) is 0 Å². The molecule has 0 atom stereocenters. The second kappa shape index (κ2) is 4.62. The van der Waals surface area contributed by atoms with Crippen LogP contribution in [-0.2, 0) is 0 Å². The van der Waals surface area contributed by atoms with Crippen molar-refractivity contribution in [2.24, 2.45) is 5.41 Å². The molecule has 0 nitrogen and oxygen atoms in total. The van der Waals surface area contributed by atoms with E-state index in [1.807, 2.05) is 0 Å². The molecule has 2 aliphatic rings. The number of hydrogen-bond acceptors (Lipinski definition) is 0. The van der Waals surface area contributed by atoms with Crippen LogP contribution in [0, 0.1) is 5.41 Å². The first-order valence-corrected chi connectivity index (χ1v) is 7.62. The highest BCUT2D eigenvalue weighted by molar-refractivity contribution is 5.73. The van der Waals surface area contributed by atoms with Crippen molar-refractivity contribution in [3.63, 3.8) is 0 Å². The first-order chi connectivity index (χ1) is 9.16. The van der Waals surface area contributed by atoms with Gasteiger partial charge in [-0.2, -0.15) is 0 Å². The molecule has 0 amide bonds. The lowest BCUT2D eigenvalue weighted by Gasteiger charge is -2.28. The average Bonchev–Trinajstić information content (AvgIpc) is 2.68. The summed E-state index contributed by atoms with van der Waals surface area (Å²) >= 11 is 0. The zero-order valence-electron chi connectivity index (χ0n) is 14.6. The van der Waals surface area contributed by atoms with Crippen molar-refractivity contribution in [2.45, 2.75) is 62.3 Å². The quantitative estimate of drug-likeness (QED) is 0.524. The van der Waals surface area contributed by atoms with E-state index in [1.165, 1.54) is 50.2 Å². The van der Waals surface area contributed by atoms with Crippen LogP contribution in [0.15, 0.2) is 56.2 Å². The van der Waals surface area contributed by atoms with Crippen LogP contribution in [0.1, 0.15) is 62.3 Å². The summed E-state index contributed by atoms with van der Waals surface area (Å²) in [5.41, 5.74) is 13.4. The van der Waals surface area contributed by atoms with Crippen LogP contribution in [0.3, 0.4) is 0 Å². The monoisotopic (exact) mass is 268 g/mol. The molecule has 0 bridgehead atoms. The maximum atomic E-state index is 2.37. The van der Waals surface area contributed by atoms with Crippen LogP contribution in [-0.4, -0.2) is 0 Å². The van der Waals surface area contributed by atoms with Crippen molar-refractivity contribution in [3.8, 4) is 0 Å². The first kappa shape index (κ1) is 15.1. The van der Waals surface area contributed by atoms with Gasteiger partial charge in [0.1, 0.15) is 0 Å². The van der Waals surface area contributed by atoms with Gasteiger partial charge in [-0.3, -0.25) is 0 Å². The fourth-order valence-electron chi connectivity index (χ4n) is 3.84. The molecule has 0 saturated carbocycles. The number of rotatable bonds is 1. The van der Waals surface area contributed by atoms with Gasteiger partial charge < -0.3 is 0 Å². The van der Waals surface area contributed by atoms with E-state index in [-0.39, 0.29) is 5.41 Å². The molecule has 2 rings (SSSR count). The Kier molecular flexibility index (Phi) is 3.48. The van der Waals surface area contributed by atoms with E-state index in [2.05, 4.69) is 68.4 Å². The molecule has 2 aliphatic carbocycles. The van der Waals surface area contributed by atoms with Crippen molar-refractivity contribution < 1.29 is 0 Å². The van der Waals surface area contributed by atoms with Gasteiger partial charge in [-0.25, -0.2) is 0 Å². The fraction of sp³-hybridized carbons (Fsp3) is 0.500. The van der Waals surface area contributed by atoms with Gasteiger partial charge in [0.05, 0.1) is 0 Å². The molecule has 0 aromatic heterocycles. The molecular formula is C20H28. The Morgan fingerprint density at radius 3 is 1.65 bits per heavy atom. The zero-order valence-corrected chi connectivity index (χ0v) is 14.6. The summed E-state index contributed by atoms with van der Waals surface area (Å²) < 4.78 is 0. The van der Waals surface area contributed by atoms with E-state index < -0.39 is 0 Å². The topological polar surface area (TPSA) is 0 Å². The molecule has 108 valence electrons. The summed E-state index contributed by atoms with van der Waals surface area (Å²) in [7, 11) is 0. The van der Waals surface area contributed by atoms with Gasteiger partial charge in [0.2, 0.25) is 0 Å². The Bertz CT molecular complexity index is 638. The van der Waals surface area contributed by atoms with E-state index in [1.54, 1.807) is 0 Å². The molecule has 20 heavy (non-hydrogen) atoms. The van der Waals surface area contributed by atoms with Crippen LogP contribution in [0.25, 0.3) is 0 Å². The van der Waals surface area contributed by atoms with Gasteiger partial charge in [0.25, 0.3) is 0 Å². The molecule has 0 heteroatoms. The molecular weight excluding hydrogens is 240 g/mol. The Hall–Kier alpha value is -1.30. The van der Waals surface area contributed by atoms with Crippen molar-refractivity contribution in [3.05, 3.63) is 56.2 Å². The predicted molar refractivity (Wildman–Crippen MR) is 89.7 cm³/mol. The highest BCUT2D eigenvalue weighted by Gasteiger charge is 2.39. The molecule has 0 aromatic carbocycles. The van der Waals surface area contributed by atoms with Crippen LogP contribution >= 0.6 is 0 Å². The molecule has 0 fully saturated rings. The lowest BCUT2D eigenvalue weighted by atomic mass is 9.75. The summed E-state index contributed by atoms with van der Waals surface area (Å²) in [6.07, 6.45) is 2.28. The van der Waals surface area contributed by atoms with Crippen LogP contribution in [0.4, 0.5) is 0 Å². The maximum Gasteiger partial charge on any atom is 0.0117 e. The first-order valence-electron chi connectivity index (χ1n) is 7.62. The minimum Gasteiger partial charge on any atom is -0.0795 e. The number of allylic oxidation sites excluding steroid dienone is 10. The molecule has 0 heterocycles. The van der Waals surface area contributed by atoms with Crippen LogP contribution in [0.5, 0.6) is 0 Å². The van der Waals surface area contributed by atoms with Crippen LogP contribution < -0.4 is 0 Å². The smallest absolute Gasteiger partial charge is 0.0117 e. The molecule has 0 aromatic rings. The fourth-order valence-corrected chi connectivity index (χ4v) is 3.84. The maximum absolute atomic E-state index is 2.37. The Balaban J connectivity index is 2.73. The average molecular weight is 268 g/mol. The van der Waals surface area contributed by atoms with Crippen molar-refractivity contribution in [2.75, 3.05) is 0 Å². The number of hydrogen-bond donors (Lipinski definition) is 0. The Morgan fingerprint density at radius 1 is 0.700 bits per heavy atom. The summed E-state index contributed by atoms with van der Waals surface area (Å²) in [6, 6.07) is 0. The third-order valence-corrected chi connectivity index (χ3v) is 5.77. The van der Waals surface area contributed by atoms with E-state index >= 15 is 0 Å². The van der Waals surface area contributed by atoms with Crippen molar-refractivity contribution in [1.29, 1.82) is 0 Å². The van der Waals surface area contributed by atoms with E-state index in [9.17, 15) is 0 Å². The Morgan fingerprint density at radius 2 is 1.25 bits per heavy atom. The molecule has 0 N–H and O–H groups in total. The molecule has 0 saturated heterocycles. The third-order valence-electron chi connectivity index (χ3n) is 5.77. The lowest BCUT2D eigenvalue weighted by Crippen LogP contribution is -2.16. The van der Waals surface area contributed by atoms with Crippen LogP contribution in [0.2, 0.25) is 0 Å². The second-order valence-electron chi connectivity index (χ2n) is 6.83. The largest absolute Gasteiger partial charge is 0.0795 e. The normalized spacial score (nSPS) is 24.9. The van der Waals surface area contributed by atoms with Gasteiger partial charge >= 0.3 is 0 Å². The SMILES string of the molecule is C/C=C1\C(C)=C(C)C(C)=C1C1=C(C)C(C)=C(C)C1(C)C. The van der Waals surface area contributed by atoms with Gasteiger partial charge in [-0.1, -0.05) is 25.5 Å². The minimum atomic E-state index is 0.143. The van der Waals surface area contributed by atoms with Gasteiger partial charge in [-0.15, -0.1) is 0 Å². The van der Waals surface area contributed by atoms with E-state index in [0.29, 0.717) is 0 Å². The molecule has 0 aliphatic heterocycles. The van der Waals surface area contributed by atoms with Gasteiger partial charge in [0, 0.05) is 5.41 Å². The van der Waals surface area contributed by atoms with Gasteiger partial charge in [0.15, 0.2) is 0 Å². The summed E-state index contributed by atoms with van der Waals surface area (Å²) in [6.45, 7) is 20.5.